The number of benzene rings is 1. The summed E-state index contributed by atoms with van der Waals surface area (Å²) in [6, 6.07) is 7.71. The molecular weight excluding hydrogens is 358 g/mol. The Morgan fingerprint density at radius 1 is 1.28 bits per heavy atom. The van der Waals surface area contributed by atoms with Crippen molar-refractivity contribution in [1.82, 2.24) is 15.1 Å². The third kappa shape index (κ3) is 4.55. The molecule has 7 heteroatoms. The highest BCUT2D eigenvalue weighted by atomic mass is 35.5. The van der Waals surface area contributed by atoms with Crippen LogP contribution in [0.3, 0.4) is 0 Å². The zero-order valence-electron chi connectivity index (χ0n) is 14.3. The third-order valence-corrected chi connectivity index (χ3v) is 5.64. The molecule has 1 heterocycles. The maximum atomic E-state index is 12.6. The summed E-state index contributed by atoms with van der Waals surface area (Å²) in [7, 11) is 0. The quantitative estimate of drug-likeness (QED) is 0.683. The highest BCUT2D eigenvalue weighted by Crippen LogP contribution is 2.29. The average molecular weight is 380 g/mol. The standard InChI is InChI=1S/C18H22ClN3O2S/c1-2-22(13-8-4-3-5-9-13)16(23)12-25-18-21-20-17(24-18)14-10-6-7-11-15(14)19/h6-7,10-11,13H,2-5,8-9,12H2,1H3. The van der Waals surface area contributed by atoms with Gasteiger partial charge in [0.25, 0.3) is 5.22 Å². The molecule has 0 N–H and O–H groups in total. The van der Waals surface area contributed by atoms with Crippen LogP contribution in [-0.2, 0) is 4.79 Å². The Bertz CT molecular complexity index is 716. The van der Waals surface area contributed by atoms with Crippen molar-refractivity contribution < 1.29 is 9.21 Å². The molecule has 1 aliphatic rings. The summed E-state index contributed by atoms with van der Waals surface area (Å²) in [6.45, 7) is 2.79. The van der Waals surface area contributed by atoms with Gasteiger partial charge in [-0.15, -0.1) is 10.2 Å². The first-order valence-corrected chi connectivity index (χ1v) is 10.1. The predicted molar refractivity (Wildman–Crippen MR) is 99.7 cm³/mol. The van der Waals surface area contributed by atoms with Crippen molar-refractivity contribution in [1.29, 1.82) is 0 Å². The van der Waals surface area contributed by atoms with E-state index in [1.165, 1.54) is 31.0 Å². The fraction of sp³-hybridized carbons (Fsp3) is 0.500. The van der Waals surface area contributed by atoms with Gasteiger partial charge >= 0.3 is 0 Å². The number of hydrogen-bond donors (Lipinski definition) is 0. The van der Waals surface area contributed by atoms with Crippen LogP contribution in [0, 0.1) is 0 Å². The van der Waals surface area contributed by atoms with Gasteiger partial charge in [-0.25, -0.2) is 0 Å². The second-order valence-electron chi connectivity index (χ2n) is 6.11. The van der Waals surface area contributed by atoms with E-state index < -0.39 is 0 Å². The molecule has 0 radical (unpaired) electrons. The topological polar surface area (TPSA) is 59.2 Å². The van der Waals surface area contributed by atoms with E-state index in [-0.39, 0.29) is 5.91 Å². The largest absolute Gasteiger partial charge is 0.411 e. The van der Waals surface area contributed by atoms with E-state index in [2.05, 4.69) is 10.2 Å². The molecule has 1 amide bonds. The lowest BCUT2D eigenvalue weighted by molar-refractivity contribution is -0.131. The Hall–Kier alpha value is -1.53. The molecule has 1 fully saturated rings. The zero-order chi connectivity index (χ0) is 17.6. The van der Waals surface area contributed by atoms with Crippen LogP contribution in [0.25, 0.3) is 11.5 Å². The third-order valence-electron chi connectivity index (χ3n) is 4.51. The summed E-state index contributed by atoms with van der Waals surface area (Å²) < 4.78 is 5.65. The lowest BCUT2D eigenvalue weighted by Gasteiger charge is -2.33. The van der Waals surface area contributed by atoms with Crippen molar-refractivity contribution in [3.63, 3.8) is 0 Å². The molecule has 3 rings (SSSR count). The number of hydrogen-bond acceptors (Lipinski definition) is 5. The Kier molecular flexibility index (Phi) is 6.37. The van der Waals surface area contributed by atoms with Crippen LogP contribution in [0.15, 0.2) is 33.9 Å². The number of amides is 1. The molecule has 25 heavy (non-hydrogen) atoms. The van der Waals surface area contributed by atoms with Gasteiger partial charge in [-0.05, 0) is 31.9 Å². The van der Waals surface area contributed by atoms with Crippen molar-refractivity contribution in [3.8, 4) is 11.5 Å². The molecule has 134 valence electrons. The van der Waals surface area contributed by atoms with Crippen LogP contribution < -0.4 is 0 Å². The van der Waals surface area contributed by atoms with Gasteiger partial charge in [-0.1, -0.05) is 54.8 Å². The van der Waals surface area contributed by atoms with Crippen LogP contribution in [0.2, 0.25) is 5.02 Å². The fourth-order valence-electron chi connectivity index (χ4n) is 3.25. The monoisotopic (exact) mass is 379 g/mol. The summed E-state index contributed by atoms with van der Waals surface area (Å²) in [4.78, 5) is 14.6. The first kappa shape index (κ1) is 18.3. The van der Waals surface area contributed by atoms with Gasteiger partial charge in [0, 0.05) is 12.6 Å². The van der Waals surface area contributed by atoms with Gasteiger partial charge in [0.1, 0.15) is 0 Å². The first-order chi connectivity index (χ1) is 12.2. The van der Waals surface area contributed by atoms with Crippen molar-refractivity contribution >= 4 is 29.3 Å². The van der Waals surface area contributed by atoms with Crippen molar-refractivity contribution in [3.05, 3.63) is 29.3 Å². The second-order valence-corrected chi connectivity index (χ2v) is 7.45. The fourth-order valence-corrected chi connectivity index (χ4v) is 4.11. The molecular formula is C18H22ClN3O2S. The molecule has 1 aliphatic carbocycles. The number of thioether (sulfide) groups is 1. The van der Waals surface area contributed by atoms with Crippen molar-refractivity contribution in [2.75, 3.05) is 12.3 Å². The highest BCUT2D eigenvalue weighted by molar-refractivity contribution is 7.99. The van der Waals surface area contributed by atoms with E-state index in [1.807, 2.05) is 30.0 Å². The first-order valence-electron chi connectivity index (χ1n) is 8.69. The van der Waals surface area contributed by atoms with Gasteiger partial charge in [-0.3, -0.25) is 4.79 Å². The number of carbonyl (C=O) groups is 1. The predicted octanol–water partition coefficient (Wildman–Crippen LogP) is 4.66. The van der Waals surface area contributed by atoms with E-state index in [9.17, 15) is 4.79 Å². The van der Waals surface area contributed by atoms with Gasteiger partial charge in [0.2, 0.25) is 11.8 Å². The van der Waals surface area contributed by atoms with Gasteiger partial charge in [-0.2, -0.15) is 0 Å². The molecule has 0 atom stereocenters. The van der Waals surface area contributed by atoms with E-state index in [4.69, 9.17) is 16.0 Å². The average Bonchev–Trinajstić information content (AvgIpc) is 3.11. The number of halogens is 1. The SMILES string of the molecule is CCN(C(=O)CSc1nnc(-c2ccccc2Cl)o1)C1CCCCC1. The van der Waals surface area contributed by atoms with Gasteiger partial charge in [0.05, 0.1) is 16.3 Å². The zero-order valence-corrected chi connectivity index (χ0v) is 15.9. The molecule has 1 aromatic heterocycles. The number of carbonyl (C=O) groups excluding carboxylic acids is 1. The molecule has 0 spiro atoms. The number of nitrogens with zero attached hydrogens (tertiary/aromatic N) is 3. The Morgan fingerprint density at radius 2 is 2.04 bits per heavy atom. The molecule has 2 aromatic rings. The van der Waals surface area contributed by atoms with Crippen LogP contribution in [0.4, 0.5) is 0 Å². The molecule has 0 aliphatic heterocycles. The number of aromatic nitrogens is 2. The summed E-state index contributed by atoms with van der Waals surface area (Å²) in [5.74, 6) is 0.825. The van der Waals surface area contributed by atoms with Crippen LogP contribution >= 0.6 is 23.4 Å². The number of rotatable bonds is 6. The van der Waals surface area contributed by atoms with Crippen LogP contribution in [0.1, 0.15) is 39.0 Å². The Labute approximate surface area is 157 Å². The molecule has 0 saturated heterocycles. The molecule has 1 saturated carbocycles. The molecule has 5 nitrogen and oxygen atoms in total. The van der Waals surface area contributed by atoms with Crippen molar-refractivity contribution in [2.45, 2.75) is 50.3 Å². The van der Waals surface area contributed by atoms with Crippen LogP contribution in [0.5, 0.6) is 0 Å². The summed E-state index contributed by atoms with van der Waals surface area (Å²) >= 11 is 7.43. The minimum Gasteiger partial charge on any atom is -0.411 e. The summed E-state index contributed by atoms with van der Waals surface area (Å²) in [5, 5.41) is 9.01. The molecule has 0 bridgehead atoms. The van der Waals surface area contributed by atoms with E-state index >= 15 is 0 Å². The highest BCUT2D eigenvalue weighted by Gasteiger charge is 2.24. The van der Waals surface area contributed by atoms with E-state index in [0.717, 1.165) is 19.4 Å². The van der Waals surface area contributed by atoms with Gasteiger partial charge in [0.15, 0.2) is 0 Å². The summed E-state index contributed by atoms with van der Waals surface area (Å²) in [5.41, 5.74) is 0.701. The smallest absolute Gasteiger partial charge is 0.277 e. The normalized spacial score (nSPS) is 15.3. The van der Waals surface area contributed by atoms with Gasteiger partial charge < -0.3 is 9.32 Å². The summed E-state index contributed by atoms with van der Waals surface area (Å²) in [6.07, 6.45) is 5.94. The lowest BCUT2D eigenvalue weighted by Crippen LogP contribution is -2.42. The molecule has 1 aromatic carbocycles. The minimum absolute atomic E-state index is 0.136. The lowest BCUT2D eigenvalue weighted by atomic mass is 9.94. The minimum atomic E-state index is 0.136. The van der Waals surface area contributed by atoms with E-state index in [0.29, 0.717) is 33.5 Å². The van der Waals surface area contributed by atoms with Crippen LogP contribution in [-0.4, -0.2) is 39.3 Å². The maximum Gasteiger partial charge on any atom is 0.277 e. The Balaban J connectivity index is 1.59. The van der Waals surface area contributed by atoms with Crippen molar-refractivity contribution in [2.24, 2.45) is 0 Å². The molecule has 0 unspecified atom stereocenters. The van der Waals surface area contributed by atoms with E-state index in [1.54, 1.807) is 6.07 Å². The Morgan fingerprint density at radius 3 is 2.76 bits per heavy atom. The second kappa shape index (κ2) is 8.72. The maximum absolute atomic E-state index is 12.6.